The number of hydrogen-bond donors (Lipinski definition) is 3. The molecule has 0 bridgehead atoms. The maximum Gasteiger partial charge on any atom is 0.224 e. The minimum Gasteiger partial charge on any atom is -0.383 e. The predicted octanol–water partition coefficient (Wildman–Crippen LogP) is -0.501. The van der Waals surface area contributed by atoms with Crippen molar-refractivity contribution in [3.8, 4) is 12.3 Å². The van der Waals surface area contributed by atoms with E-state index in [9.17, 15) is 0 Å². The van der Waals surface area contributed by atoms with Gasteiger partial charge in [-0.1, -0.05) is 0 Å². The van der Waals surface area contributed by atoms with Crippen LogP contribution in [-0.2, 0) is 0 Å². The average molecular weight is 174 g/mol. The van der Waals surface area contributed by atoms with Crippen LogP contribution in [0.1, 0.15) is 5.69 Å². The fourth-order valence-corrected chi connectivity index (χ4v) is 1.08. The molecule has 0 aliphatic heterocycles. The molecule has 0 aromatic carbocycles. The predicted molar refractivity (Wildman–Crippen MR) is 48.4 cm³/mol. The number of nitrogens with two attached hydrogens (primary N) is 2. The topological polar surface area (TPSA) is 106 Å². The Bertz CT molecular complexity index is 505. The van der Waals surface area contributed by atoms with Crippen molar-refractivity contribution in [2.24, 2.45) is 0 Å². The molecule has 5 N–H and O–H groups in total. The fourth-order valence-electron chi connectivity index (χ4n) is 1.08. The second kappa shape index (κ2) is 2.35. The molecule has 0 fully saturated rings. The Kier molecular flexibility index (Phi) is 1.33. The van der Waals surface area contributed by atoms with E-state index in [-0.39, 0.29) is 11.8 Å². The van der Waals surface area contributed by atoms with Crippen molar-refractivity contribution in [3.63, 3.8) is 0 Å². The molecule has 64 valence electrons. The summed E-state index contributed by atoms with van der Waals surface area (Å²) in [5.41, 5.74) is 11.8. The van der Waals surface area contributed by atoms with Crippen LogP contribution in [0.25, 0.3) is 11.0 Å². The van der Waals surface area contributed by atoms with Crippen molar-refractivity contribution in [1.82, 2.24) is 20.2 Å². The summed E-state index contributed by atoms with van der Waals surface area (Å²) in [6.45, 7) is 0. The third-order valence-electron chi connectivity index (χ3n) is 1.60. The maximum atomic E-state index is 5.59. The molecular weight excluding hydrogens is 168 g/mol. The van der Waals surface area contributed by atoms with Crippen LogP contribution >= 0.6 is 0 Å². The highest BCUT2D eigenvalue weighted by molar-refractivity contribution is 5.90. The Balaban J connectivity index is 2.92. The van der Waals surface area contributed by atoms with Gasteiger partial charge in [0.05, 0.1) is 5.39 Å². The van der Waals surface area contributed by atoms with Crippen LogP contribution in [0.15, 0.2) is 0 Å². The third-order valence-corrected chi connectivity index (χ3v) is 1.60. The van der Waals surface area contributed by atoms with Gasteiger partial charge in [-0.25, -0.2) is 0 Å². The number of aromatic nitrogens is 4. The first-order chi connectivity index (χ1) is 6.22. The Morgan fingerprint density at radius 3 is 2.77 bits per heavy atom. The van der Waals surface area contributed by atoms with Crippen molar-refractivity contribution >= 4 is 22.8 Å². The van der Waals surface area contributed by atoms with Gasteiger partial charge in [0.25, 0.3) is 0 Å². The summed E-state index contributed by atoms with van der Waals surface area (Å²) in [5.74, 6) is 2.70. The summed E-state index contributed by atoms with van der Waals surface area (Å²) in [7, 11) is 0. The Morgan fingerprint density at radius 1 is 1.31 bits per heavy atom. The lowest BCUT2D eigenvalue weighted by Crippen LogP contribution is -1.99. The zero-order chi connectivity index (χ0) is 9.42. The molecule has 0 aliphatic carbocycles. The quantitative estimate of drug-likeness (QED) is 0.467. The molecule has 0 spiro atoms. The minimum atomic E-state index is 0.0946. The number of fused-ring (bicyclic) bond motifs is 1. The number of anilines is 2. The molecule has 0 unspecified atom stereocenters. The van der Waals surface area contributed by atoms with Gasteiger partial charge in [0.15, 0.2) is 5.65 Å². The van der Waals surface area contributed by atoms with Crippen LogP contribution in [0, 0.1) is 12.3 Å². The highest BCUT2D eigenvalue weighted by atomic mass is 15.2. The van der Waals surface area contributed by atoms with Gasteiger partial charge in [-0.3, -0.25) is 5.10 Å². The number of nitrogen functional groups attached to an aromatic ring is 2. The van der Waals surface area contributed by atoms with Crippen LogP contribution in [-0.4, -0.2) is 20.2 Å². The lowest BCUT2D eigenvalue weighted by Gasteiger charge is -1.95. The van der Waals surface area contributed by atoms with Crippen molar-refractivity contribution in [2.75, 3.05) is 11.5 Å². The number of aromatic amines is 1. The Labute approximate surface area is 73.4 Å². The molecule has 13 heavy (non-hydrogen) atoms. The van der Waals surface area contributed by atoms with E-state index in [1.807, 2.05) is 0 Å². The molecule has 0 atom stereocenters. The molecule has 2 rings (SSSR count). The Morgan fingerprint density at radius 2 is 2.08 bits per heavy atom. The second-order valence-electron chi connectivity index (χ2n) is 2.41. The molecule has 0 saturated carbocycles. The first kappa shape index (κ1) is 7.36. The van der Waals surface area contributed by atoms with E-state index in [2.05, 4.69) is 26.1 Å². The number of H-pyrrole nitrogens is 1. The van der Waals surface area contributed by atoms with Gasteiger partial charge in [0.1, 0.15) is 11.5 Å². The van der Waals surface area contributed by atoms with Crippen LogP contribution < -0.4 is 11.5 Å². The van der Waals surface area contributed by atoms with Crippen LogP contribution in [0.2, 0.25) is 0 Å². The molecule has 0 amide bonds. The average Bonchev–Trinajstić information content (AvgIpc) is 2.47. The van der Waals surface area contributed by atoms with Crippen molar-refractivity contribution < 1.29 is 0 Å². The SMILES string of the molecule is C#Cc1n[nH]c2nc(N)nc(N)c12. The lowest BCUT2D eigenvalue weighted by atomic mass is 10.3. The third kappa shape index (κ3) is 0.945. The number of hydrogen-bond acceptors (Lipinski definition) is 5. The molecule has 2 aromatic rings. The molecule has 0 radical (unpaired) electrons. The normalized spacial score (nSPS) is 10.1. The molecular formula is C7H6N6. The largest absolute Gasteiger partial charge is 0.383 e. The smallest absolute Gasteiger partial charge is 0.224 e. The molecule has 6 nitrogen and oxygen atoms in total. The number of nitrogens with zero attached hydrogens (tertiary/aromatic N) is 3. The molecule has 0 saturated heterocycles. The van der Waals surface area contributed by atoms with Crippen molar-refractivity contribution in [2.45, 2.75) is 0 Å². The monoisotopic (exact) mass is 174 g/mol. The van der Waals surface area contributed by atoms with Gasteiger partial charge in [0.2, 0.25) is 5.95 Å². The first-order valence-corrected chi connectivity index (χ1v) is 3.46. The summed E-state index contributed by atoms with van der Waals surface area (Å²) in [5, 5.41) is 6.97. The fraction of sp³-hybridized carbons (Fsp3) is 0. The van der Waals surface area contributed by atoms with Gasteiger partial charge in [0, 0.05) is 0 Å². The number of terminal acetylenes is 1. The zero-order valence-corrected chi connectivity index (χ0v) is 6.57. The van der Waals surface area contributed by atoms with Gasteiger partial charge >= 0.3 is 0 Å². The van der Waals surface area contributed by atoms with E-state index in [1.54, 1.807) is 0 Å². The molecule has 6 heteroatoms. The van der Waals surface area contributed by atoms with Gasteiger partial charge in [-0.2, -0.15) is 15.1 Å². The highest BCUT2D eigenvalue weighted by Crippen LogP contribution is 2.19. The number of nitrogens with one attached hydrogen (secondary N) is 1. The highest BCUT2D eigenvalue weighted by Gasteiger charge is 2.09. The van der Waals surface area contributed by atoms with Crippen LogP contribution in [0.4, 0.5) is 11.8 Å². The minimum absolute atomic E-state index is 0.0946. The van der Waals surface area contributed by atoms with Gasteiger partial charge in [-0.15, -0.1) is 6.42 Å². The van der Waals surface area contributed by atoms with E-state index < -0.39 is 0 Å². The summed E-state index contributed by atoms with van der Waals surface area (Å²) in [6, 6.07) is 0. The molecule has 0 aliphatic rings. The molecule has 2 aromatic heterocycles. The summed E-state index contributed by atoms with van der Waals surface area (Å²) >= 11 is 0. The van der Waals surface area contributed by atoms with E-state index in [0.29, 0.717) is 16.7 Å². The zero-order valence-electron chi connectivity index (χ0n) is 6.57. The Hall–Kier alpha value is -2.29. The summed E-state index contributed by atoms with van der Waals surface area (Å²) in [6.07, 6.45) is 5.19. The maximum absolute atomic E-state index is 5.59. The van der Waals surface area contributed by atoms with E-state index in [1.165, 1.54) is 0 Å². The first-order valence-electron chi connectivity index (χ1n) is 3.46. The van der Waals surface area contributed by atoms with E-state index >= 15 is 0 Å². The van der Waals surface area contributed by atoms with Crippen molar-refractivity contribution in [3.05, 3.63) is 5.69 Å². The van der Waals surface area contributed by atoms with E-state index in [4.69, 9.17) is 17.9 Å². The van der Waals surface area contributed by atoms with Crippen molar-refractivity contribution in [1.29, 1.82) is 0 Å². The van der Waals surface area contributed by atoms with Crippen LogP contribution in [0.5, 0.6) is 0 Å². The van der Waals surface area contributed by atoms with E-state index in [0.717, 1.165) is 0 Å². The standard InChI is InChI=1S/C7H6N6/c1-2-3-4-5(8)10-7(9)11-6(4)13-12-3/h1H,(H5,8,9,10,11,12,13). The lowest BCUT2D eigenvalue weighted by molar-refractivity contribution is 1.08. The van der Waals surface area contributed by atoms with Gasteiger partial charge in [-0.05, 0) is 5.92 Å². The summed E-state index contributed by atoms with van der Waals surface area (Å²) in [4.78, 5) is 7.65. The van der Waals surface area contributed by atoms with Crippen LogP contribution in [0.3, 0.4) is 0 Å². The number of rotatable bonds is 0. The molecule has 2 heterocycles. The summed E-state index contributed by atoms with van der Waals surface area (Å²) < 4.78 is 0. The second-order valence-corrected chi connectivity index (χ2v) is 2.41. The van der Waals surface area contributed by atoms with Gasteiger partial charge < -0.3 is 11.5 Å².